The summed E-state index contributed by atoms with van der Waals surface area (Å²) < 4.78 is 5.02. The van der Waals surface area contributed by atoms with Crippen LogP contribution in [-0.2, 0) is 6.54 Å². The van der Waals surface area contributed by atoms with E-state index in [4.69, 9.17) is 4.74 Å². The minimum Gasteiger partial charge on any atom is -0.481 e. The molecule has 5 heteroatoms. The first-order chi connectivity index (χ1) is 8.28. The van der Waals surface area contributed by atoms with Crippen LogP contribution in [0.25, 0.3) is 0 Å². The van der Waals surface area contributed by atoms with Crippen LogP contribution in [0, 0.1) is 6.92 Å². The summed E-state index contributed by atoms with van der Waals surface area (Å²) in [5.74, 6) is 1.26. The molecule has 2 aromatic rings. The Kier molecular flexibility index (Phi) is 3.49. The lowest BCUT2D eigenvalue weighted by Gasteiger charge is -2.06. The fourth-order valence-corrected chi connectivity index (χ4v) is 1.43. The molecule has 88 valence electrons. The smallest absolute Gasteiger partial charge is 0.218 e. The van der Waals surface area contributed by atoms with E-state index in [2.05, 4.69) is 20.3 Å². The van der Waals surface area contributed by atoms with E-state index in [1.54, 1.807) is 13.2 Å². The third-order valence-corrected chi connectivity index (χ3v) is 2.25. The van der Waals surface area contributed by atoms with Gasteiger partial charge in [-0.1, -0.05) is 6.07 Å². The van der Waals surface area contributed by atoms with Gasteiger partial charge in [0.15, 0.2) is 0 Å². The number of rotatable bonds is 4. The molecule has 2 aromatic heterocycles. The Hall–Kier alpha value is -2.17. The standard InChI is InChI=1S/C12H14N4O/c1-9-4-3-5-10(16-9)7-13-11-6-12(17-2)15-8-14-11/h3-6,8H,7H2,1-2H3,(H,13,14,15). The highest BCUT2D eigenvalue weighted by Gasteiger charge is 1.99. The molecule has 0 spiro atoms. The molecule has 0 fully saturated rings. The molecular weight excluding hydrogens is 216 g/mol. The van der Waals surface area contributed by atoms with E-state index in [1.165, 1.54) is 6.33 Å². The number of anilines is 1. The molecule has 2 heterocycles. The van der Waals surface area contributed by atoms with Gasteiger partial charge in [-0.25, -0.2) is 9.97 Å². The Morgan fingerprint density at radius 3 is 2.94 bits per heavy atom. The van der Waals surface area contributed by atoms with Gasteiger partial charge in [-0.15, -0.1) is 0 Å². The van der Waals surface area contributed by atoms with Gasteiger partial charge in [-0.05, 0) is 19.1 Å². The third-order valence-electron chi connectivity index (χ3n) is 2.25. The van der Waals surface area contributed by atoms with E-state index in [-0.39, 0.29) is 0 Å². The summed E-state index contributed by atoms with van der Waals surface area (Å²) in [6.07, 6.45) is 1.46. The molecule has 0 amide bonds. The van der Waals surface area contributed by atoms with Crippen LogP contribution in [-0.4, -0.2) is 22.1 Å². The molecule has 2 rings (SSSR count). The van der Waals surface area contributed by atoms with Crippen molar-refractivity contribution in [2.45, 2.75) is 13.5 Å². The normalized spacial score (nSPS) is 10.0. The van der Waals surface area contributed by atoms with E-state index < -0.39 is 0 Å². The average molecular weight is 230 g/mol. The molecule has 0 aliphatic rings. The summed E-state index contributed by atoms with van der Waals surface area (Å²) in [5, 5.41) is 3.17. The quantitative estimate of drug-likeness (QED) is 0.867. The minimum atomic E-state index is 0.541. The second-order valence-electron chi connectivity index (χ2n) is 3.57. The van der Waals surface area contributed by atoms with E-state index in [9.17, 15) is 0 Å². The molecule has 0 aliphatic heterocycles. The minimum absolute atomic E-state index is 0.541. The van der Waals surface area contributed by atoms with Gasteiger partial charge in [-0.3, -0.25) is 4.98 Å². The first-order valence-corrected chi connectivity index (χ1v) is 5.30. The summed E-state index contributed by atoms with van der Waals surface area (Å²) in [7, 11) is 1.58. The van der Waals surface area contributed by atoms with Gasteiger partial charge in [0, 0.05) is 11.8 Å². The van der Waals surface area contributed by atoms with E-state index in [0.29, 0.717) is 12.4 Å². The number of methoxy groups -OCH3 is 1. The van der Waals surface area contributed by atoms with Crippen LogP contribution in [0.2, 0.25) is 0 Å². The lowest BCUT2D eigenvalue weighted by molar-refractivity contribution is 0.397. The van der Waals surface area contributed by atoms with Gasteiger partial charge in [0.2, 0.25) is 5.88 Å². The molecule has 0 bridgehead atoms. The fraction of sp³-hybridized carbons (Fsp3) is 0.250. The van der Waals surface area contributed by atoms with Crippen molar-refractivity contribution in [2.24, 2.45) is 0 Å². The number of hydrogen-bond donors (Lipinski definition) is 1. The van der Waals surface area contributed by atoms with Gasteiger partial charge < -0.3 is 10.1 Å². The van der Waals surface area contributed by atoms with Crippen LogP contribution in [0.5, 0.6) is 5.88 Å². The third kappa shape index (κ3) is 3.14. The Labute approximate surface area is 99.9 Å². The highest BCUT2D eigenvalue weighted by Crippen LogP contribution is 2.11. The van der Waals surface area contributed by atoms with Crippen molar-refractivity contribution in [3.63, 3.8) is 0 Å². The van der Waals surface area contributed by atoms with Crippen LogP contribution < -0.4 is 10.1 Å². The fourth-order valence-electron chi connectivity index (χ4n) is 1.43. The van der Waals surface area contributed by atoms with Gasteiger partial charge in [0.1, 0.15) is 12.1 Å². The molecule has 1 N–H and O–H groups in total. The molecule has 17 heavy (non-hydrogen) atoms. The largest absolute Gasteiger partial charge is 0.481 e. The van der Waals surface area contributed by atoms with Crippen LogP contribution in [0.3, 0.4) is 0 Å². The average Bonchev–Trinajstić information content (AvgIpc) is 2.37. The SMILES string of the molecule is COc1cc(NCc2cccc(C)n2)ncn1. The topological polar surface area (TPSA) is 59.9 Å². The first-order valence-electron chi connectivity index (χ1n) is 5.30. The monoisotopic (exact) mass is 230 g/mol. The summed E-state index contributed by atoms with van der Waals surface area (Å²) >= 11 is 0. The molecular formula is C12H14N4O. The Balaban J connectivity index is 2.02. The molecule has 0 aromatic carbocycles. The van der Waals surface area contributed by atoms with E-state index in [0.717, 1.165) is 17.2 Å². The van der Waals surface area contributed by atoms with E-state index >= 15 is 0 Å². The molecule has 0 radical (unpaired) electrons. The van der Waals surface area contributed by atoms with Crippen LogP contribution in [0.1, 0.15) is 11.4 Å². The Bertz CT molecular complexity index is 501. The zero-order chi connectivity index (χ0) is 12.1. The predicted octanol–water partition coefficient (Wildman–Crippen LogP) is 1.80. The molecule has 0 unspecified atom stereocenters. The molecule has 0 atom stereocenters. The van der Waals surface area contributed by atoms with Crippen molar-refractivity contribution < 1.29 is 4.74 Å². The predicted molar refractivity (Wildman–Crippen MR) is 64.9 cm³/mol. The number of nitrogens with zero attached hydrogens (tertiary/aromatic N) is 3. The molecule has 0 saturated heterocycles. The van der Waals surface area contributed by atoms with Crippen molar-refractivity contribution >= 4 is 5.82 Å². The van der Waals surface area contributed by atoms with Gasteiger partial charge in [0.05, 0.1) is 19.3 Å². The maximum atomic E-state index is 5.02. The number of aryl methyl sites for hydroxylation is 1. The highest BCUT2D eigenvalue weighted by atomic mass is 16.5. The zero-order valence-electron chi connectivity index (χ0n) is 9.84. The van der Waals surface area contributed by atoms with Crippen LogP contribution in [0.15, 0.2) is 30.6 Å². The summed E-state index contributed by atoms with van der Waals surface area (Å²) in [6, 6.07) is 7.67. The summed E-state index contributed by atoms with van der Waals surface area (Å²) in [6.45, 7) is 2.60. The highest BCUT2D eigenvalue weighted by molar-refractivity contribution is 5.37. The molecule has 5 nitrogen and oxygen atoms in total. The number of aromatic nitrogens is 3. The zero-order valence-corrected chi connectivity index (χ0v) is 9.84. The van der Waals surface area contributed by atoms with Crippen molar-refractivity contribution in [1.29, 1.82) is 0 Å². The lowest BCUT2D eigenvalue weighted by Crippen LogP contribution is -2.04. The lowest BCUT2D eigenvalue weighted by atomic mass is 10.3. The second kappa shape index (κ2) is 5.25. The Morgan fingerprint density at radius 2 is 2.18 bits per heavy atom. The first kappa shape index (κ1) is 11.3. The number of ether oxygens (including phenoxy) is 1. The van der Waals surface area contributed by atoms with Crippen LogP contribution >= 0.6 is 0 Å². The van der Waals surface area contributed by atoms with E-state index in [1.807, 2.05) is 25.1 Å². The Morgan fingerprint density at radius 1 is 1.29 bits per heavy atom. The van der Waals surface area contributed by atoms with Crippen molar-refractivity contribution in [2.75, 3.05) is 12.4 Å². The number of nitrogens with one attached hydrogen (secondary N) is 1. The number of pyridine rings is 1. The van der Waals surface area contributed by atoms with Crippen molar-refractivity contribution in [3.8, 4) is 5.88 Å². The van der Waals surface area contributed by atoms with Gasteiger partial charge in [0.25, 0.3) is 0 Å². The maximum absolute atomic E-state index is 5.02. The summed E-state index contributed by atoms with van der Waals surface area (Å²) in [5.41, 5.74) is 1.98. The van der Waals surface area contributed by atoms with Gasteiger partial charge in [-0.2, -0.15) is 0 Å². The maximum Gasteiger partial charge on any atom is 0.218 e. The van der Waals surface area contributed by atoms with Gasteiger partial charge >= 0.3 is 0 Å². The van der Waals surface area contributed by atoms with Crippen molar-refractivity contribution in [3.05, 3.63) is 42.0 Å². The second-order valence-corrected chi connectivity index (χ2v) is 3.57. The molecule has 0 aliphatic carbocycles. The summed E-state index contributed by atoms with van der Waals surface area (Å²) in [4.78, 5) is 12.4. The van der Waals surface area contributed by atoms with Crippen LogP contribution in [0.4, 0.5) is 5.82 Å². The number of hydrogen-bond acceptors (Lipinski definition) is 5. The molecule has 0 saturated carbocycles. The van der Waals surface area contributed by atoms with Crippen molar-refractivity contribution in [1.82, 2.24) is 15.0 Å².